The van der Waals surface area contributed by atoms with Gasteiger partial charge in [-0.15, -0.1) is 0 Å². The van der Waals surface area contributed by atoms with E-state index in [1.165, 1.54) is 12.0 Å². The molecular formula is C32H37N3O8. The van der Waals surface area contributed by atoms with Crippen molar-refractivity contribution in [3.63, 3.8) is 0 Å². The van der Waals surface area contributed by atoms with Crippen LogP contribution in [0.1, 0.15) is 63.5 Å². The van der Waals surface area contributed by atoms with Crippen molar-refractivity contribution >= 4 is 29.8 Å². The summed E-state index contributed by atoms with van der Waals surface area (Å²) in [6, 6.07) is 13.4. The number of esters is 2. The predicted octanol–water partition coefficient (Wildman–Crippen LogP) is 3.05. The molecule has 0 bridgehead atoms. The van der Waals surface area contributed by atoms with Gasteiger partial charge >= 0.3 is 18.0 Å². The number of hydrogen-bond acceptors (Lipinski definition) is 8. The van der Waals surface area contributed by atoms with Gasteiger partial charge in [0.15, 0.2) is 0 Å². The molecule has 1 aliphatic carbocycles. The van der Waals surface area contributed by atoms with E-state index < -0.39 is 59.5 Å². The molecule has 3 atom stereocenters. The Morgan fingerprint density at radius 3 is 2.26 bits per heavy atom. The standard InChI is InChI=1S/C32H37N3O8/c1-31(2,3)43-26(36)16-24(27(37)33-25-17-32(29(39)41-4)14-9-15-35(32)28(25)38)34-30(40)42-18-23-21-12-7-5-10-19(21)20-11-6-8-13-22(20)23/h5-8,10-13,23-25H,9,14-18H2,1-4H3,(H,33,37)(H,34,40)/t24-,25-,32-/m0/s1. The van der Waals surface area contributed by atoms with E-state index in [1.807, 2.05) is 48.5 Å². The zero-order chi connectivity index (χ0) is 30.9. The molecule has 2 aliphatic heterocycles. The van der Waals surface area contributed by atoms with Crippen LogP contribution in [0.5, 0.6) is 0 Å². The van der Waals surface area contributed by atoms with Crippen LogP contribution < -0.4 is 10.6 Å². The van der Waals surface area contributed by atoms with Gasteiger partial charge in [0.1, 0.15) is 29.8 Å². The maximum atomic E-state index is 13.5. The minimum Gasteiger partial charge on any atom is -0.467 e. The second-order valence-electron chi connectivity index (χ2n) is 12.2. The Hall–Kier alpha value is -4.41. The first kappa shape index (κ1) is 30.1. The number of benzene rings is 2. The number of ether oxygens (including phenoxy) is 3. The summed E-state index contributed by atoms with van der Waals surface area (Å²) in [4.78, 5) is 66.4. The van der Waals surface area contributed by atoms with Gasteiger partial charge in [-0.2, -0.15) is 0 Å². The molecule has 3 aliphatic rings. The summed E-state index contributed by atoms with van der Waals surface area (Å²) in [5.74, 6) is -2.61. The lowest BCUT2D eigenvalue weighted by atomic mass is 9.92. The summed E-state index contributed by atoms with van der Waals surface area (Å²) in [5, 5.41) is 5.14. The van der Waals surface area contributed by atoms with Crippen LogP contribution in [0.15, 0.2) is 48.5 Å². The molecule has 11 nitrogen and oxygen atoms in total. The van der Waals surface area contributed by atoms with Gasteiger partial charge in [-0.05, 0) is 55.9 Å². The highest BCUT2D eigenvalue weighted by atomic mass is 16.6. The van der Waals surface area contributed by atoms with E-state index in [0.29, 0.717) is 19.4 Å². The molecular weight excluding hydrogens is 554 g/mol. The Kier molecular flexibility index (Phi) is 8.18. The predicted molar refractivity (Wildman–Crippen MR) is 155 cm³/mol. The summed E-state index contributed by atoms with van der Waals surface area (Å²) in [7, 11) is 1.26. The number of nitrogens with one attached hydrogen (secondary N) is 2. The van der Waals surface area contributed by atoms with E-state index in [4.69, 9.17) is 14.2 Å². The number of alkyl carbamates (subject to hydrolysis) is 1. The normalized spacial score (nSPS) is 21.3. The Bertz CT molecular complexity index is 1400. The highest BCUT2D eigenvalue weighted by Gasteiger charge is 2.59. The Morgan fingerprint density at radius 2 is 1.65 bits per heavy atom. The molecule has 2 saturated heterocycles. The molecule has 2 aromatic carbocycles. The lowest BCUT2D eigenvalue weighted by Gasteiger charge is -2.28. The van der Waals surface area contributed by atoms with E-state index in [0.717, 1.165) is 22.3 Å². The molecule has 0 unspecified atom stereocenters. The third kappa shape index (κ3) is 5.93. The highest BCUT2D eigenvalue weighted by molar-refractivity contribution is 5.99. The van der Waals surface area contributed by atoms with Crippen molar-refractivity contribution in [3.05, 3.63) is 59.7 Å². The number of carbonyl (C=O) groups excluding carboxylic acids is 5. The van der Waals surface area contributed by atoms with Crippen LogP contribution in [-0.4, -0.2) is 78.2 Å². The minimum absolute atomic E-state index is 0.0123. The fourth-order valence-electron chi connectivity index (χ4n) is 6.44. The van der Waals surface area contributed by atoms with E-state index >= 15 is 0 Å². The van der Waals surface area contributed by atoms with E-state index in [2.05, 4.69) is 10.6 Å². The number of amides is 3. The first-order valence-electron chi connectivity index (χ1n) is 14.5. The quantitative estimate of drug-likeness (QED) is 0.353. The topological polar surface area (TPSA) is 140 Å². The zero-order valence-corrected chi connectivity index (χ0v) is 24.8. The van der Waals surface area contributed by atoms with Crippen molar-refractivity contribution in [2.24, 2.45) is 0 Å². The first-order chi connectivity index (χ1) is 20.4. The number of rotatable bonds is 8. The molecule has 5 rings (SSSR count). The summed E-state index contributed by atoms with van der Waals surface area (Å²) in [6.07, 6.45) is -0.271. The third-order valence-corrected chi connectivity index (χ3v) is 8.22. The van der Waals surface area contributed by atoms with Crippen molar-refractivity contribution in [1.29, 1.82) is 0 Å². The molecule has 2 N–H and O–H groups in total. The second kappa shape index (κ2) is 11.7. The van der Waals surface area contributed by atoms with E-state index in [9.17, 15) is 24.0 Å². The van der Waals surface area contributed by atoms with Crippen LogP contribution in [-0.2, 0) is 33.4 Å². The highest BCUT2D eigenvalue weighted by Crippen LogP contribution is 2.44. The lowest BCUT2D eigenvalue weighted by molar-refractivity contribution is -0.156. The van der Waals surface area contributed by atoms with Crippen LogP contribution in [0, 0.1) is 0 Å². The van der Waals surface area contributed by atoms with Gasteiger partial charge in [-0.3, -0.25) is 14.4 Å². The number of nitrogens with zero attached hydrogens (tertiary/aromatic N) is 1. The van der Waals surface area contributed by atoms with Crippen molar-refractivity contribution in [2.75, 3.05) is 20.3 Å². The number of fused-ring (bicyclic) bond motifs is 4. The van der Waals surface area contributed by atoms with Crippen molar-refractivity contribution in [3.8, 4) is 11.1 Å². The largest absolute Gasteiger partial charge is 0.467 e. The Balaban J connectivity index is 1.28. The molecule has 228 valence electrons. The summed E-state index contributed by atoms with van der Waals surface area (Å²) in [6.45, 7) is 5.46. The van der Waals surface area contributed by atoms with Gasteiger partial charge < -0.3 is 29.7 Å². The molecule has 2 fully saturated rings. The maximum absolute atomic E-state index is 13.5. The van der Waals surface area contributed by atoms with Crippen LogP contribution in [0.25, 0.3) is 11.1 Å². The van der Waals surface area contributed by atoms with Gasteiger partial charge in [0.05, 0.1) is 13.5 Å². The fraction of sp³-hybridized carbons (Fsp3) is 0.469. The van der Waals surface area contributed by atoms with Crippen LogP contribution in [0.2, 0.25) is 0 Å². The van der Waals surface area contributed by atoms with Crippen LogP contribution >= 0.6 is 0 Å². The molecule has 0 radical (unpaired) electrons. The summed E-state index contributed by atoms with van der Waals surface area (Å²) < 4.78 is 16.0. The van der Waals surface area contributed by atoms with Crippen molar-refractivity contribution in [2.45, 2.75) is 75.6 Å². The minimum atomic E-state index is -1.39. The molecule has 2 aromatic rings. The molecule has 0 aromatic heterocycles. The second-order valence-corrected chi connectivity index (χ2v) is 12.2. The fourth-order valence-corrected chi connectivity index (χ4v) is 6.44. The van der Waals surface area contributed by atoms with Crippen molar-refractivity contribution < 1.29 is 38.2 Å². The summed E-state index contributed by atoms with van der Waals surface area (Å²) >= 11 is 0. The lowest BCUT2D eigenvalue weighted by Crippen LogP contribution is -2.52. The molecule has 2 heterocycles. The first-order valence-corrected chi connectivity index (χ1v) is 14.5. The Morgan fingerprint density at radius 1 is 1.02 bits per heavy atom. The number of methoxy groups -OCH3 is 1. The molecule has 3 amide bonds. The zero-order valence-electron chi connectivity index (χ0n) is 24.8. The maximum Gasteiger partial charge on any atom is 0.407 e. The molecule has 43 heavy (non-hydrogen) atoms. The molecule has 0 spiro atoms. The van der Waals surface area contributed by atoms with Gasteiger partial charge in [0.2, 0.25) is 11.8 Å². The number of hydrogen-bond donors (Lipinski definition) is 2. The average Bonchev–Trinajstić information content (AvgIpc) is 3.60. The molecule has 11 heteroatoms. The summed E-state index contributed by atoms with van der Waals surface area (Å²) in [5.41, 5.74) is 2.24. The van der Waals surface area contributed by atoms with Gasteiger partial charge in [0.25, 0.3) is 0 Å². The SMILES string of the molecule is COC(=O)[C@@]12CCCN1C(=O)[C@@H](NC(=O)[C@H](CC(=O)OC(C)(C)C)NC(=O)OCC1c3ccccc3-c3ccccc31)C2. The van der Waals surface area contributed by atoms with E-state index in [-0.39, 0.29) is 18.9 Å². The Labute approximate surface area is 250 Å². The van der Waals surface area contributed by atoms with E-state index in [1.54, 1.807) is 20.8 Å². The number of carbonyl (C=O) groups is 5. The van der Waals surface area contributed by atoms with Gasteiger partial charge in [-0.25, -0.2) is 9.59 Å². The van der Waals surface area contributed by atoms with Gasteiger partial charge in [0, 0.05) is 18.9 Å². The van der Waals surface area contributed by atoms with Gasteiger partial charge in [-0.1, -0.05) is 48.5 Å². The molecule has 0 saturated carbocycles. The average molecular weight is 592 g/mol. The smallest absolute Gasteiger partial charge is 0.407 e. The van der Waals surface area contributed by atoms with Crippen molar-refractivity contribution in [1.82, 2.24) is 15.5 Å². The monoisotopic (exact) mass is 591 g/mol. The van der Waals surface area contributed by atoms with Crippen LogP contribution in [0.3, 0.4) is 0 Å². The van der Waals surface area contributed by atoms with Crippen LogP contribution in [0.4, 0.5) is 4.79 Å². The third-order valence-electron chi connectivity index (χ3n) is 8.22.